The van der Waals surface area contributed by atoms with Crippen molar-refractivity contribution in [3.63, 3.8) is 0 Å². The standard InChI is InChI=1S/C34H35FN6O3S/c1-22(40-11-13-44-14-12-40)15-27-16-23(5-9-36-27)24-6-10-41-29(20-37-31(41)18-24)26-4-3-25(28(35)17-26)19-32(42)39-33-38-21-30(45-33)34(43)7-2-8-34/h3-6,9-10,16-18,20-22,43H,2,7-8,11-15,19H2,1H3,(H,38,39,42). The Hall–Kier alpha value is -4.03. The molecule has 7 rings (SSSR count). The first kappa shape index (κ1) is 29.7. The zero-order chi connectivity index (χ0) is 31.0. The Kier molecular flexibility index (Phi) is 8.17. The van der Waals surface area contributed by atoms with Gasteiger partial charge in [-0.25, -0.2) is 14.4 Å². The summed E-state index contributed by atoms with van der Waals surface area (Å²) in [5.74, 6) is -0.825. The van der Waals surface area contributed by atoms with Crippen molar-refractivity contribution in [3.05, 3.63) is 89.2 Å². The highest BCUT2D eigenvalue weighted by Gasteiger charge is 2.38. The van der Waals surface area contributed by atoms with Crippen LogP contribution in [-0.4, -0.2) is 67.6 Å². The highest BCUT2D eigenvalue weighted by molar-refractivity contribution is 7.15. The molecule has 1 unspecified atom stereocenters. The SMILES string of the molecule is CC(Cc1cc(-c2ccn3c(-c4ccc(CC(=O)Nc5ncc(C6(O)CCC6)s5)c(F)c4)cnc3c2)ccn1)N1CCOCC1. The first-order valence-corrected chi connectivity index (χ1v) is 16.2. The third kappa shape index (κ3) is 6.26. The maximum atomic E-state index is 15.2. The molecule has 1 aliphatic carbocycles. The molecule has 2 fully saturated rings. The highest BCUT2D eigenvalue weighted by Crippen LogP contribution is 2.44. The van der Waals surface area contributed by atoms with Crippen molar-refractivity contribution in [3.8, 4) is 22.4 Å². The molecule has 232 valence electrons. The van der Waals surface area contributed by atoms with E-state index in [1.807, 2.05) is 35.0 Å². The number of halogens is 1. The summed E-state index contributed by atoms with van der Waals surface area (Å²) in [5, 5.41) is 13.6. The largest absolute Gasteiger partial charge is 0.384 e. The quantitative estimate of drug-likeness (QED) is 0.224. The van der Waals surface area contributed by atoms with E-state index in [1.54, 1.807) is 24.5 Å². The minimum Gasteiger partial charge on any atom is -0.384 e. The van der Waals surface area contributed by atoms with Gasteiger partial charge in [-0.15, -0.1) is 0 Å². The molecule has 5 heterocycles. The molecule has 5 aromatic rings. The number of hydrogen-bond donors (Lipinski definition) is 2. The summed E-state index contributed by atoms with van der Waals surface area (Å²) in [6.07, 6.45) is 10.3. The number of morpholine rings is 1. The van der Waals surface area contributed by atoms with Gasteiger partial charge in [0.15, 0.2) is 5.13 Å². The Balaban J connectivity index is 1.03. The molecule has 1 amide bonds. The van der Waals surface area contributed by atoms with Gasteiger partial charge in [-0.2, -0.15) is 0 Å². The molecule has 1 saturated carbocycles. The van der Waals surface area contributed by atoms with Gasteiger partial charge in [0.05, 0.1) is 36.4 Å². The Bertz CT molecular complexity index is 1840. The summed E-state index contributed by atoms with van der Waals surface area (Å²) in [6.45, 7) is 5.69. The number of carbonyl (C=O) groups is 1. The number of fused-ring (bicyclic) bond motifs is 1. The van der Waals surface area contributed by atoms with Crippen LogP contribution in [-0.2, 0) is 28.0 Å². The second-order valence-electron chi connectivity index (χ2n) is 12.0. The van der Waals surface area contributed by atoms with Crippen LogP contribution in [0.25, 0.3) is 28.0 Å². The number of rotatable bonds is 9. The summed E-state index contributed by atoms with van der Waals surface area (Å²) >= 11 is 1.26. The number of pyridine rings is 2. The summed E-state index contributed by atoms with van der Waals surface area (Å²) < 4.78 is 22.6. The van der Waals surface area contributed by atoms with Crippen LogP contribution in [0, 0.1) is 5.82 Å². The number of aliphatic hydroxyl groups is 1. The molecule has 1 saturated heterocycles. The maximum Gasteiger partial charge on any atom is 0.230 e. The average molecular weight is 627 g/mol. The first-order chi connectivity index (χ1) is 21.8. The number of imidazole rings is 1. The molecule has 2 N–H and O–H groups in total. The van der Waals surface area contributed by atoms with Crippen LogP contribution < -0.4 is 5.32 Å². The van der Waals surface area contributed by atoms with Gasteiger partial charge in [0.1, 0.15) is 17.1 Å². The van der Waals surface area contributed by atoms with Gasteiger partial charge in [0, 0.05) is 55.4 Å². The van der Waals surface area contributed by atoms with E-state index in [0.717, 1.165) is 72.2 Å². The van der Waals surface area contributed by atoms with E-state index in [9.17, 15) is 9.90 Å². The molecule has 0 spiro atoms. The topological polar surface area (TPSA) is 105 Å². The van der Waals surface area contributed by atoms with Crippen molar-refractivity contribution in [1.29, 1.82) is 0 Å². The number of ether oxygens (including phenoxy) is 1. The number of hydrogen-bond acceptors (Lipinski definition) is 8. The molecule has 1 atom stereocenters. The monoisotopic (exact) mass is 626 g/mol. The average Bonchev–Trinajstić information content (AvgIpc) is 3.68. The van der Waals surface area contributed by atoms with E-state index in [4.69, 9.17) is 4.74 Å². The fourth-order valence-electron chi connectivity index (χ4n) is 6.08. The number of benzene rings is 1. The highest BCUT2D eigenvalue weighted by atomic mass is 32.1. The lowest BCUT2D eigenvalue weighted by molar-refractivity contribution is -0.115. The van der Waals surface area contributed by atoms with Crippen LogP contribution in [0.15, 0.2) is 67.3 Å². The van der Waals surface area contributed by atoms with Crippen LogP contribution in [0.2, 0.25) is 0 Å². The molecule has 45 heavy (non-hydrogen) atoms. The molecular weight excluding hydrogens is 591 g/mol. The van der Waals surface area contributed by atoms with Gasteiger partial charge in [-0.1, -0.05) is 23.5 Å². The van der Waals surface area contributed by atoms with Crippen LogP contribution in [0.1, 0.15) is 42.3 Å². The molecule has 11 heteroatoms. The normalized spacial score (nSPS) is 17.2. The van der Waals surface area contributed by atoms with E-state index in [1.165, 1.54) is 17.4 Å². The van der Waals surface area contributed by atoms with Gasteiger partial charge in [0.25, 0.3) is 0 Å². The van der Waals surface area contributed by atoms with Gasteiger partial charge in [-0.05, 0) is 73.2 Å². The second kappa shape index (κ2) is 12.4. The lowest BCUT2D eigenvalue weighted by Crippen LogP contribution is -2.43. The molecule has 1 aliphatic heterocycles. The molecule has 4 aromatic heterocycles. The first-order valence-electron chi connectivity index (χ1n) is 15.4. The van der Waals surface area contributed by atoms with E-state index in [2.05, 4.69) is 38.2 Å². The third-order valence-electron chi connectivity index (χ3n) is 8.93. The predicted octanol–water partition coefficient (Wildman–Crippen LogP) is 5.47. The number of amides is 1. The lowest BCUT2D eigenvalue weighted by atomic mass is 9.79. The van der Waals surface area contributed by atoms with Gasteiger partial charge in [-0.3, -0.25) is 19.1 Å². The number of nitrogens with zero attached hydrogens (tertiary/aromatic N) is 5. The second-order valence-corrected chi connectivity index (χ2v) is 13.0. The summed E-state index contributed by atoms with van der Waals surface area (Å²) in [4.78, 5) is 29.3. The fourth-order valence-corrected chi connectivity index (χ4v) is 7.06. The smallest absolute Gasteiger partial charge is 0.230 e. The molecule has 0 radical (unpaired) electrons. The third-order valence-corrected chi connectivity index (χ3v) is 10.0. The molecule has 2 aliphatic rings. The Labute approximate surface area is 264 Å². The molecule has 1 aromatic carbocycles. The number of carbonyl (C=O) groups excluding carboxylic acids is 1. The minimum atomic E-state index is -0.827. The van der Waals surface area contributed by atoms with Crippen molar-refractivity contribution in [2.75, 3.05) is 31.6 Å². The predicted molar refractivity (Wildman–Crippen MR) is 172 cm³/mol. The number of thiazole rings is 1. The van der Waals surface area contributed by atoms with Crippen molar-refractivity contribution in [2.45, 2.75) is 50.7 Å². The van der Waals surface area contributed by atoms with Crippen molar-refractivity contribution < 1.29 is 19.0 Å². The van der Waals surface area contributed by atoms with E-state index < -0.39 is 11.4 Å². The molecule has 9 nitrogen and oxygen atoms in total. The number of anilines is 1. The van der Waals surface area contributed by atoms with Crippen molar-refractivity contribution in [2.24, 2.45) is 0 Å². The van der Waals surface area contributed by atoms with Crippen LogP contribution in [0.4, 0.5) is 9.52 Å². The fraction of sp³-hybridized carbons (Fsp3) is 0.353. The Morgan fingerprint density at radius 2 is 1.89 bits per heavy atom. The van der Waals surface area contributed by atoms with Gasteiger partial charge in [0.2, 0.25) is 5.91 Å². The zero-order valence-electron chi connectivity index (χ0n) is 25.1. The Morgan fingerprint density at radius 1 is 1.07 bits per heavy atom. The summed E-state index contributed by atoms with van der Waals surface area (Å²) in [5.41, 5.74) is 4.78. The molecular formula is C34H35FN6O3S. The van der Waals surface area contributed by atoms with Crippen molar-refractivity contribution >= 4 is 28.0 Å². The number of aromatic nitrogens is 4. The van der Waals surface area contributed by atoms with Crippen molar-refractivity contribution in [1.82, 2.24) is 24.3 Å². The number of nitrogens with one attached hydrogen (secondary N) is 1. The van der Waals surface area contributed by atoms with E-state index in [-0.39, 0.29) is 17.9 Å². The zero-order valence-corrected chi connectivity index (χ0v) is 25.9. The van der Waals surface area contributed by atoms with Crippen LogP contribution in [0.3, 0.4) is 0 Å². The van der Waals surface area contributed by atoms with E-state index in [0.29, 0.717) is 29.6 Å². The summed E-state index contributed by atoms with van der Waals surface area (Å²) in [7, 11) is 0. The summed E-state index contributed by atoms with van der Waals surface area (Å²) in [6, 6.07) is 13.5. The van der Waals surface area contributed by atoms with Crippen LogP contribution >= 0.6 is 11.3 Å². The minimum absolute atomic E-state index is 0.124. The van der Waals surface area contributed by atoms with Gasteiger partial charge < -0.3 is 15.2 Å². The lowest BCUT2D eigenvalue weighted by Gasteiger charge is -2.35. The van der Waals surface area contributed by atoms with Crippen LogP contribution in [0.5, 0.6) is 0 Å². The Morgan fingerprint density at radius 3 is 2.67 bits per heavy atom. The van der Waals surface area contributed by atoms with E-state index >= 15 is 4.39 Å². The maximum absolute atomic E-state index is 15.2. The molecule has 0 bridgehead atoms. The van der Waals surface area contributed by atoms with Gasteiger partial charge >= 0.3 is 0 Å².